The second-order valence-electron chi connectivity index (χ2n) is 3.78. The highest BCUT2D eigenvalue weighted by molar-refractivity contribution is 5.91. The summed E-state index contributed by atoms with van der Waals surface area (Å²) in [5.41, 5.74) is -1.69. The van der Waals surface area contributed by atoms with Crippen molar-refractivity contribution >= 4 is 11.7 Å². The molecule has 0 atom stereocenters. The predicted molar refractivity (Wildman–Crippen MR) is 52.2 cm³/mol. The van der Waals surface area contributed by atoms with E-state index in [1.165, 1.54) is 0 Å². The molecule has 1 rings (SSSR count). The Labute approximate surface area is 103 Å². The molecule has 0 fully saturated rings. The van der Waals surface area contributed by atoms with Gasteiger partial charge in [0.25, 0.3) is 0 Å². The first-order chi connectivity index (χ1) is 8.42. The third kappa shape index (κ3) is 3.86. The summed E-state index contributed by atoms with van der Waals surface area (Å²) in [6, 6.07) is 0. The lowest BCUT2D eigenvalue weighted by atomic mass is 10.2. The van der Waals surface area contributed by atoms with Crippen molar-refractivity contribution in [1.82, 2.24) is 9.78 Å². The third-order valence-electron chi connectivity index (χ3n) is 2.17. The number of hydrogen-bond donors (Lipinski definition) is 1. The zero-order valence-corrected chi connectivity index (χ0v) is 9.78. The van der Waals surface area contributed by atoms with E-state index in [1.807, 2.05) is 0 Å². The summed E-state index contributed by atoms with van der Waals surface area (Å²) in [7, 11) is 1.09. The molecule has 0 spiro atoms. The second kappa shape index (κ2) is 4.74. The highest BCUT2D eigenvalue weighted by Crippen LogP contribution is 2.33. The van der Waals surface area contributed by atoms with Crippen LogP contribution in [0.15, 0.2) is 0 Å². The van der Waals surface area contributed by atoms with Gasteiger partial charge in [-0.05, 0) is 6.92 Å². The van der Waals surface area contributed by atoms with Gasteiger partial charge in [0, 0.05) is 12.6 Å². The fourth-order valence-electron chi connectivity index (χ4n) is 1.43. The van der Waals surface area contributed by atoms with Gasteiger partial charge in [-0.25, -0.2) is 0 Å². The number of alkyl halides is 6. The Bertz CT molecular complexity index is 487. The van der Waals surface area contributed by atoms with Gasteiger partial charge < -0.3 is 5.32 Å². The number of hydrogen-bond acceptors (Lipinski definition) is 2. The summed E-state index contributed by atoms with van der Waals surface area (Å²) in [5.74, 6) is -1.87. The summed E-state index contributed by atoms with van der Waals surface area (Å²) in [5, 5.41) is 4.90. The lowest BCUT2D eigenvalue weighted by Crippen LogP contribution is -2.22. The van der Waals surface area contributed by atoms with Crippen LogP contribution in [-0.2, 0) is 18.0 Å². The molecule has 1 aromatic rings. The molecule has 0 unspecified atom stereocenters. The molecule has 0 aliphatic carbocycles. The van der Waals surface area contributed by atoms with Gasteiger partial charge in [0.15, 0.2) is 5.69 Å². The Morgan fingerprint density at radius 2 is 1.79 bits per heavy atom. The molecular formula is C9H9F6N3O. The lowest BCUT2D eigenvalue weighted by Gasteiger charge is -2.09. The first-order valence-electron chi connectivity index (χ1n) is 4.89. The first-order valence-corrected chi connectivity index (χ1v) is 4.89. The topological polar surface area (TPSA) is 46.9 Å². The molecule has 108 valence electrons. The number of aromatic nitrogens is 2. The van der Waals surface area contributed by atoms with Crippen molar-refractivity contribution < 1.29 is 31.1 Å². The third-order valence-corrected chi connectivity index (χ3v) is 2.17. The number of carbonyl (C=O) groups excluding carboxylic acids is 1. The number of aryl methyl sites for hydroxylation is 1. The number of nitrogens with one attached hydrogen (secondary N) is 1. The van der Waals surface area contributed by atoms with Gasteiger partial charge in [-0.3, -0.25) is 9.48 Å². The van der Waals surface area contributed by atoms with Gasteiger partial charge in [-0.15, -0.1) is 0 Å². The van der Waals surface area contributed by atoms with Gasteiger partial charge >= 0.3 is 12.4 Å². The number of anilines is 1. The molecule has 1 aromatic heterocycles. The predicted octanol–water partition coefficient (Wildman–Crippen LogP) is 2.64. The van der Waals surface area contributed by atoms with Crippen LogP contribution in [0.3, 0.4) is 0 Å². The Kier molecular flexibility index (Phi) is 3.82. The van der Waals surface area contributed by atoms with E-state index in [2.05, 4.69) is 5.10 Å². The number of halogens is 6. The van der Waals surface area contributed by atoms with Crippen LogP contribution >= 0.6 is 0 Å². The summed E-state index contributed by atoms with van der Waals surface area (Å²) < 4.78 is 73.9. The standard InChI is InChI=1S/C9H9F6N3O/c1-4-6(9(13,14)15)17-18(2)7(4)16-5(19)3-8(10,11)12/h3H2,1-2H3,(H,16,19). The van der Waals surface area contributed by atoms with Crippen molar-refractivity contribution in [3.05, 3.63) is 11.3 Å². The SMILES string of the molecule is Cc1c(C(F)(F)F)nn(C)c1NC(=O)CC(F)(F)F. The smallest absolute Gasteiger partial charge is 0.310 e. The largest absolute Gasteiger partial charge is 0.435 e. The number of nitrogens with zero attached hydrogens (tertiary/aromatic N) is 2. The molecule has 0 saturated heterocycles. The maximum absolute atomic E-state index is 12.5. The van der Waals surface area contributed by atoms with Gasteiger partial charge in [0.05, 0.1) is 0 Å². The fourth-order valence-corrected chi connectivity index (χ4v) is 1.43. The molecule has 1 N–H and O–H groups in total. The average molecular weight is 289 g/mol. The minimum atomic E-state index is -4.74. The van der Waals surface area contributed by atoms with Crippen LogP contribution in [0.4, 0.5) is 32.2 Å². The average Bonchev–Trinajstić information content (AvgIpc) is 2.41. The Morgan fingerprint density at radius 3 is 2.16 bits per heavy atom. The summed E-state index contributed by atoms with van der Waals surface area (Å²) >= 11 is 0. The fraction of sp³-hybridized carbons (Fsp3) is 0.556. The van der Waals surface area contributed by atoms with E-state index >= 15 is 0 Å². The van der Waals surface area contributed by atoms with Crippen molar-refractivity contribution in [2.75, 3.05) is 5.32 Å². The van der Waals surface area contributed by atoms with E-state index in [9.17, 15) is 31.1 Å². The van der Waals surface area contributed by atoms with Crippen LogP contribution in [0, 0.1) is 6.92 Å². The maximum atomic E-state index is 12.5. The monoisotopic (exact) mass is 289 g/mol. The Hall–Kier alpha value is -1.74. The van der Waals surface area contributed by atoms with Gasteiger partial charge in [0.2, 0.25) is 5.91 Å². The molecule has 1 amide bonds. The first kappa shape index (κ1) is 15.3. The number of carbonyl (C=O) groups is 1. The second-order valence-corrected chi connectivity index (χ2v) is 3.78. The van der Waals surface area contributed by atoms with Crippen LogP contribution in [-0.4, -0.2) is 21.9 Å². The highest BCUT2D eigenvalue weighted by atomic mass is 19.4. The van der Waals surface area contributed by atoms with Crippen LogP contribution in [0.25, 0.3) is 0 Å². The van der Waals surface area contributed by atoms with E-state index in [4.69, 9.17) is 0 Å². The number of amides is 1. The van der Waals surface area contributed by atoms with Crippen molar-refractivity contribution in [2.45, 2.75) is 25.7 Å². The van der Waals surface area contributed by atoms with Crippen LogP contribution in [0.5, 0.6) is 0 Å². The molecule has 0 aliphatic rings. The zero-order chi connectivity index (χ0) is 15.0. The molecule has 0 saturated carbocycles. The number of rotatable bonds is 2. The van der Waals surface area contributed by atoms with E-state index in [1.54, 1.807) is 5.32 Å². The van der Waals surface area contributed by atoms with E-state index < -0.39 is 41.8 Å². The normalized spacial score (nSPS) is 12.6. The molecule has 19 heavy (non-hydrogen) atoms. The van der Waals surface area contributed by atoms with Crippen LogP contribution < -0.4 is 5.32 Å². The maximum Gasteiger partial charge on any atom is 0.435 e. The van der Waals surface area contributed by atoms with Gasteiger partial charge in [0.1, 0.15) is 12.2 Å². The zero-order valence-electron chi connectivity index (χ0n) is 9.78. The Balaban J connectivity index is 2.98. The van der Waals surface area contributed by atoms with Gasteiger partial charge in [-0.1, -0.05) is 0 Å². The molecule has 4 nitrogen and oxygen atoms in total. The summed E-state index contributed by atoms with van der Waals surface area (Å²) in [4.78, 5) is 11.0. The Morgan fingerprint density at radius 1 is 1.26 bits per heavy atom. The lowest BCUT2D eigenvalue weighted by molar-refractivity contribution is -0.150. The molecule has 1 heterocycles. The molecule has 0 aliphatic heterocycles. The molecule has 0 aromatic carbocycles. The highest BCUT2D eigenvalue weighted by Gasteiger charge is 2.38. The van der Waals surface area contributed by atoms with Crippen molar-refractivity contribution in [3.8, 4) is 0 Å². The summed E-state index contributed by atoms with van der Waals surface area (Å²) in [6.45, 7) is 1.01. The van der Waals surface area contributed by atoms with E-state index in [0.717, 1.165) is 14.0 Å². The van der Waals surface area contributed by atoms with Gasteiger partial charge in [-0.2, -0.15) is 31.4 Å². The van der Waals surface area contributed by atoms with Crippen molar-refractivity contribution in [3.63, 3.8) is 0 Å². The van der Waals surface area contributed by atoms with E-state index in [0.29, 0.717) is 4.68 Å². The molecule has 10 heteroatoms. The van der Waals surface area contributed by atoms with Crippen molar-refractivity contribution in [1.29, 1.82) is 0 Å². The van der Waals surface area contributed by atoms with Crippen LogP contribution in [0.1, 0.15) is 17.7 Å². The molecule has 0 radical (unpaired) electrons. The summed E-state index contributed by atoms with van der Waals surface area (Å²) in [6.07, 6.45) is -11.3. The molecular weight excluding hydrogens is 280 g/mol. The minimum absolute atomic E-state index is 0.415. The van der Waals surface area contributed by atoms with E-state index in [-0.39, 0.29) is 0 Å². The quantitative estimate of drug-likeness (QED) is 0.851. The molecule has 0 bridgehead atoms. The minimum Gasteiger partial charge on any atom is -0.310 e. The van der Waals surface area contributed by atoms with Crippen molar-refractivity contribution in [2.24, 2.45) is 7.05 Å². The van der Waals surface area contributed by atoms with Crippen LogP contribution in [0.2, 0.25) is 0 Å².